The summed E-state index contributed by atoms with van der Waals surface area (Å²) in [6.07, 6.45) is 15.4. The average molecular weight is 439 g/mol. The summed E-state index contributed by atoms with van der Waals surface area (Å²) < 4.78 is 4.84. The maximum Gasteiger partial charge on any atom is 0.305 e. The molecule has 0 unspecified atom stereocenters. The molecular formula is C21H27BrO5. The second-order valence-electron chi connectivity index (χ2n) is 6.18. The van der Waals surface area contributed by atoms with Crippen molar-refractivity contribution in [2.75, 3.05) is 7.11 Å². The van der Waals surface area contributed by atoms with E-state index in [0.717, 1.165) is 12.8 Å². The summed E-state index contributed by atoms with van der Waals surface area (Å²) in [5.41, 5.74) is -1.15. The quantitative estimate of drug-likeness (QED) is 0.308. The van der Waals surface area contributed by atoms with Gasteiger partial charge in [-0.2, -0.15) is 0 Å². The number of hydrogen-bond acceptors (Lipinski definition) is 5. The van der Waals surface area contributed by atoms with Crippen LogP contribution in [0.15, 0.2) is 58.7 Å². The summed E-state index contributed by atoms with van der Waals surface area (Å²) in [6, 6.07) is 0. The first-order valence-corrected chi connectivity index (χ1v) is 9.72. The van der Waals surface area contributed by atoms with Crippen molar-refractivity contribution in [1.29, 1.82) is 0 Å². The zero-order chi connectivity index (χ0) is 20.3. The summed E-state index contributed by atoms with van der Waals surface area (Å²) in [5, 5.41) is 20.7. The normalized spacial score (nSPS) is 23.1. The average Bonchev–Trinajstić information content (AvgIpc) is 2.85. The SMILES string of the molecule is CC/C=C\C/C=C\C[C@@]1(O)C=C(Br)C(=O)C1=C/C=C/[C@H](O)CCC(=O)OC. The third-order valence-electron chi connectivity index (χ3n) is 4.03. The second kappa shape index (κ2) is 11.8. The Hall–Kier alpha value is -1.76. The fourth-order valence-electron chi connectivity index (χ4n) is 2.51. The Morgan fingerprint density at radius 1 is 1.33 bits per heavy atom. The number of hydrogen-bond donors (Lipinski definition) is 2. The highest BCUT2D eigenvalue weighted by Crippen LogP contribution is 2.36. The third kappa shape index (κ3) is 7.79. The maximum absolute atomic E-state index is 12.3. The van der Waals surface area contributed by atoms with Crippen molar-refractivity contribution in [2.24, 2.45) is 0 Å². The molecule has 0 bridgehead atoms. The van der Waals surface area contributed by atoms with Crippen LogP contribution in [0, 0.1) is 0 Å². The van der Waals surface area contributed by atoms with Gasteiger partial charge in [0.1, 0.15) is 5.60 Å². The predicted octanol–water partition coefficient (Wildman–Crippen LogP) is 3.68. The Balaban J connectivity index is 2.75. The maximum atomic E-state index is 12.3. The predicted molar refractivity (Wildman–Crippen MR) is 109 cm³/mol. The van der Waals surface area contributed by atoms with Crippen molar-refractivity contribution >= 4 is 27.7 Å². The van der Waals surface area contributed by atoms with Crippen molar-refractivity contribution in [3.8, 4) is 0 Å². The number of aliphatic hydroxyl groups excluding tert-OH is 1. The van der Waals surface area contributed by atoms with Gasteiger partial charge in [-0.3, -0.25) is 9.59 Å². The topological polar surface area (TPSA) is 83.8 Å². The van der Waals surface area contributed by atoms with Crippen LogP contribution in [-0.4, -0.2) is 40.8 Å². The monoisotopic (exact) mass is 438 g/mol. The van der Waals surface area contributed by atoms with Crippen molar-refractivity contribution < 1.29 is 24.5 Å². The number of aliphatic hydroxyl groups is 2. The lowest BCUT2D eigenvalue weighted by Crippen LogP contribution is -2.27. The summed E-state index contributed by atoms with van der Waals surface area (Å²) in [7, 11) is 1.29. The minimum absolute atomic E-state index is 0.103. The Morgan fingerprint density at radius 2 is 2.04 bits per heavy atom. The number of carbonyl (C=O) groups is 2. The number of ether oxygens (including phenoxy) is 1. The van der Waals surface area contributed by atoms with Gasteiger partial charge < -0.3 is 14.9 Å². The Labute approximate surface area is 168 Å². The molecule has 0 heterocycles. The van der Waals surface area contributed by atoms with Gasteiger partial charge in [-0.25, -0.2) is 0 Å². The van der Waals surface area contributed by atoms with E-state index in [2.05, 4.69) is 33.7 Å². The van der Waals surface area contributed by atoms with Gasteiger partial charge >= 0.3 is 5.97 Å². The lowest BCUT2D eigenvalue weighted by atomic mass is 9.92. The van der Waals surface area contributed by atoms with Crippen molar-refractivity contribution in [3.05, 3.63) is 58.7 Å². The number of allylic oxidation sites excluding steroid dienone is 6. The Morgan fingerprint density at radius 3 is 2.70 bits per heavy atom. The largest absolute Gasteiger partial charge is 0.469 e. The lowest BCUT2D eigenvalue weighted by molar-refractivity contribution is -0.141. The van der Waals surface area contributed by atoms with Gasteiger partial charge in [0.2, 0.25) is 0 Å². The van der Waals surface area contributed by atoms with E-state index in [9.17, 15) is 19.8 Å². The first-order chi connectivity index (χ1) is 12.8. The molecule has 0 aromatic carbocycles. The number of rotatable bonds is 10. The summed E-state index contributed by atoms with van der Waals surface area (Å²) in [6.45, 7) is 2.06. The summed E-state index contributed by atoms with van der Waals surface area (Å²) in [4.78, 5) is 23.4. The number of carbonyl (C=O) groups excluding carboxylic acids is 2. The Kier molecular flexibility index (Phi) is 10.2. The van der Waals surface area contributed by atoms with Crippen LogP contribution in [-0.2, 0) is 14.3 Å². The number of halogens is 1. The van der Waals surface area contributed by atoms with E-state index in [1.54, 1.807) is 0 Å². The van der Waals surface area contributed by atoms with Crippen LogP contribution in [0.25, 0.3) is 0 Å². The number of ketones is 1. The van der Waals surface area contributed by atoms with Crippen molar-refractivity contribution in [3.63, 3.8) is 0 Å². The molecule has 2 atom stereocenters. The van der Waals surface area contributed by atoms with E-state index in [-0.39, 0.29) is 30.6 Å². The highest BCUT2D eigenvalue weighted by molar-refractivity contribution is 9.12. The molecule has 0 fully saturated rings. The van der Waals surface area contributed by atoms with Gasteiger partial charge in [0.15, 0.2) is 5.78 Å². The van der Waals surface area contributed by atoms with Gasteiger partial charge in [-0.05, 0) is 41.3 Å². The molecule has 1 aliphatic carbocycles. The fraction of sp³-hybridized carbons (Fsp3) is 0.429. The van der Waals surface area contributed by atoms with E-state index in [4.69, 9.17) is 0 Å². The molecular weight excluding hydrogens is 412 g/mol. The first kappa shape index (κ1) is 23.3. The molecule has 0 aromatic rings. The standard InChI is InChI=1S/C21H27BrO5/c1-3-4-5-6-7-8-14-21(26)15-18(22)20(25)17(21)11-9-10-16(23)12-13-19(24)27-2/h4-5,7-11,15-16,23,26H,3,6,12-14H2,1-2H3/b5-4-,8-7-,10-9+,17-11?/t16-,21+/m0/s1. The third-order valence-corrected chi connectivity index (χ3v) is 4.62. The molecule has 27 heavy (non-hydrogen) atoms. The Bertz CT molecular complexity index is 672. The zero-order valence-electron chi connectivity index (χ0n) is 15.7. The number of methoxy groups -OCH3 is 1. The van der Waals surface area contributed by atoms with Crippen LogP contribution in [0.3, 0.4) is 0 Å². The summed E-state index contributed by atoms with van der Waals surface area (Å²) >= 11 is 3.18. The molecule has 1 rings (SSSR count). The van der Waals surface area contributed by atoms with Gasteiger partial charge in [0, 0.05) is 18.4 Å². The highest BCUT2D eigenvalue weighted by atomic mass is 79.9. The number of esters is 1. The van der Waals surface area contributed by atoms with Crippen LogP contribution < -0.4 is 0 Å². The molecule has 0 aliphatic heterocycles. The molecule has 0 radical (unpaired) electrons. The van der Waals surface area contributed by atoms with Crippen molar-refractivity contribution in [1.82, 2.24) is 0 Å². The van der Waals surface area contributed by atoms with Crippen LogP contribution in [0.4, 0.5) is 0 Å². The molecule has 1 aliphatic rings. The first-order valence-electron chi connectivity index (χ1n) is 8.93. The van der Waals surface area contributed by atoms with Crippen LogP contribution in [0.5, 0.6) is 0 Å². The molecule has 0 saturated carbocycles. The zero-order valence-corrected chi connectivity index (χ0v) is 17.3. The van der Waals surface area contributed by atoms with Gasteiger partial charge in [0.25, 0.3) is 0 Å². The minimum atomic E-state index is -1.39. The van der Waals surface area contributed by atoms with Crippen LogP contribution in [0.1, 0.15) is 39.0 Å². The van der Waals surface area contributed by atoms with Crippen LogP contribution in [0.2, 0.25) is 0 Å². The molecule has 0 aromatic heterocycles. The molecule has 6 heteroatoms. The fourth-order valence-corrected chi connectivity index (χ4v) is 3.10. The molecule has 0 spiro atoms. The summed E-state index contributed by atoms with van der Waals surface area (Å²) in [5.74, 6) is -0.680. The number of Topliss-reactive ketones (excluding diaryl/α,β-unsaturated/α-hetero) is 1. The smallest absolute Gasteiger partial charge is 0.305 e. The van der Waals surface area contributed by atoms with Gasteiger partial charge in [-0.15, -0.1) is 0 Å². The van der Waals surface area contributed by atoms with E-state index in [1.165, 1.54) is 31.4 Å². The lowest BCUT2D eigenvalue weighted by Gasteiger charge is -2.20. The second-order valence-corrected chi connectivity index (χ2v) is 7.04. The highest BCUT2D eigenvalue weighted by Gasteiger charge is 2.39. The van der Waals surface area contributed by atoms with Crippen molar-refractivity contribution in [2.45, 2.75) is 50.7 Å². The van der Waals surface area contributed by atoms with E-state index in [1.807, 2.05) is 18.2 Å². The molecule has 0 amide bonds. The minimum Gasteiger partial charge on any atom is -0.469 e. The van der Waals surface area contributed by atoms with Gasteiger partial charge in [-0.1, -0.05) is 49.5 Å². The van der Waals surface area contributed by atoms with E-state index in [0.29, 0.717) is 4.48 Å². The molecule has 0 saturated heterocycles. The molecule has 2 N–H and O–H groups in total. The van der Waals surface area contributed by atoms with E-state index >= 15 is 0 Å². The molecule has 5 nitrogen and oxygen atoms in total. The molecule has 148 valence electrons. The van der Waals surface area contributed by atoms with E-state index < -0.39 is 17.7 Å². The van der Waals surface area contributed by atoms with Gasteiger partial charge in [0.05, 0.1) is 17.7 Å². The van der Waals surface area contributed by atoms with Crippen LogP contribution >= 0.6 is 15.9 Å².